The van der Waals surface area contributed by atoms with Gasteiger partial charge in [-0.3, -0.25) is 14.4 Å². The summed E-state index contributed by atoms with van der Waals surface area (Å²) in [4.78, 5) is 43.1. The summed E-state index contributed by atoms with van der Waals surface area (Å²) in [7, 11) is 0. The number of amides is 3. The third-order valence-electron chi connectivity index (χ3n) is 8.18. The summed E-state index contributed by atoms with van der Waals surface area (Å²) in [5.41, 5.74) is -1.49. The maximum Gasteiger partial charge on any atom is 0.250 e. The van der Waals surface area contributed by atoms with Gasteiger partial charge in [0.25, 0.3) is 0 Å². The molecule has 3 heterocycles. The van der Waals surface area contributed by atoms with E-state index in [1.807, 2.05) is 27.7 Å². The van der Waals surface area contributed by atoms with Crippen LogP contribution in [-0.4, -0.2) is 64.2 Å². The van der Waals surface area contributed by atoms with Crippen LogP contribution in [0.1, 0.15) is 59.8 Å². The Morgan fingerprint density at radius 1 is 1.22 bits per heavy atom. The highest BCUT2D eigenvalue weighted by atomic mass is 35.5. The number of aliphatic hydroxyl groups excluding tert-OH is 1. The van der Waals surface area contributed by atoms with Crippen molar-refractivity contribution in [1.82, 2.24) is 10.2 Å². The molecule has 0 radical (unpaired) electrons. The van der Waals surface area contributed by atoms with Crippen LogP contribution >= 0.6 is 11.6 Å². The van der Waals surface area contributed by atoms with Gasteiger partial charge in [-0.1, -0.05) is 51.4 Å². The lowest BCUT2D eigenvalue weighted by Gasteiger charge is -2.38. The summed E-state index contributed by atoms with van der Waals surface area (Å²) in [5, 5.41) is 16.6. The summed E-state index contributed by atoms with van der Waals surface area (Å²) in [6.07, 6.45) is 2.95. The van der Waals surface area contributed by atoms with Gasteiger partial charge in [0.2, 0.25) is 17.7 Å². The van der Waals surface area contributed by atoms with Crippen molar-refractivity contribution in [2.75, 3.05) is 18.5 Å². The van der Waals surface area contributed by atoms with Gasteiger partial charge in [-0.15, -0.1) is 0 Å². The molecule has 6 atom stereocenters. The Morgan fingerprint density at radius 3 is 2.56 bits per heavy atom. The fraction of sp³-hybridized carbons (Fsp3) is 0.667. The van der Waals surface area contributed by atoms with Gasteiger partial charge in [0.1, 0.15) is 11.6 Å². The molecule has 2 unspecified atom stereocenters. The first-order valence-electron chi connectivity index (χ1n) is 13.1. The first-order chi connectivity index (χ1) is 17.2. The van der Waals surface area contributed by atoms with E-state index in [0.717, 1.165) is 6.42 Å². The number of ether oxygens (including phenoxy) is 1. The average Bonchev–Trinajstić information content (AvgIpc) is 3.46. The molecule has 36 heavy (non-hydrogen) atoms. The van der Waals surface area contributed by atoms with Gasteiger partial charge >= 0.3 is 0 Å². The number of fused-ring (bicyclic) bond motifs is 1. The number of nitrogens with zero attached hydrogens (tertiary/aromatic N) is 1. The normalized spacial score (nSPS) is 31.6. The van der Waals surface area contributed by atoms with Gasteiger partial charge in [-0.05, 0) is 50.2 Å². The zero-order chi connectivity index (χ0) is 26.3. The SMILES string of the molecule is CCCNC(=O)[C@@H]1[C@H]2C(=O)N([C@@H](CO)CC(C)C)C(C(=O)Nc3ccccc3Cl)C23CC[C@@]1(CC)O3. The van der Waals surface area contributed by atoms with Gasteiger partial charge in [-0.25, -0.2) is 0 Å². The number of hydrogen-bond donors (Lipinski definition) is 3. The van der Waals surface area contributed by atoms with E-state index in [4.69, 9.17) is 16.3 Å². The fourth-order valence-electron chi connectivity index (χ4n) is 6.69. The third-order valence-corrected chi connectivity index (χ3v) is 8.51. The summed E-state index contributed by atoms with van der Waals surface area (Å²) in [5.74, 6) is -2.19. The number of para-hydroxylation sites is 1. The smallest absolute Gasteiger partial charge is 0.250 e. The van der Waals surface area contributed by atoms with Crippen molar-refractivity contribution in [2.45, 2.75) is 83.1 Å². The first-order valence-corrected chi connectivity index (χ1v) is 13.5. The molecule has 0 aromatic heterocycles. The number of likely N-dealkylation sites (tertiary alicyclic amines) is 1. The van der Waals surface area contributed by atoms with Crippen LogP contribution in [0, 0.1) is 17.8 Å². The van der Waals surface area contributed by atoms with Crippen LogP contribution in [0.5, 0.6) is 0 Å². The molecule has 3 amide bonds. The minimum Gasteiger partial charge on any atom is -0.394 e. The largest absolute Gasteiger partial charge is 0.394 e. The van der Waals surface area contributed by atoms with Crippen molar-refractivity contribution in [3.05, 3.63) is 29.3 Å². The van der Waals surface area contributed by atoms with E-state index in [1.54, 1.807) is 24.3 Å². The Morgan fingerprint density at radius 2 is 1.94 bits per heavy atom. The standard InChI is InChI=1S/C27H38ClN3O5/c1-5-13-29-23(33)20-21-25(35)31(17(15-32)14-16(3)4)22(27(21)12-11-26(20,6-2)36-27)24(34)30-19-10-8-7-9-18(19)28/h7-10,16-17,20-22,32H,5-6,11-15H2,1-4H3,(H,29,33)(H,30,34)/t17-,20+,21+,22?,26-,27?/m1/s1. The first kappa shape index (κ1) is 26.9. The van der Waals surface area contributed by atoms with Gasteiger partial charge in [-0.2, -0.15) is 0 Å². The number of nitrogens with one attached hydrogen (secondary N) is 2. The van der Waals surface area contributed by atoms with Crippen molar-refractivity contribution in [3.63, 3.8) is 0 Å². The monoisotopic (exact) mass is 519 g/mol. The Kier molecular flexibility index (Phi) is 7.70. The van der Waals surface area contributed by atoms with Crippen LogP contribution in [0.3, 0.4) is 0 Å². The molecule has 4 rings (SSSR count). The molecule has 3 fully saturated rings. The molecule has 0 saturated carbocycles. The number of hydrogen-bond acceptors (Lipinski definition) is 5. The molecule has 9 heteroatoms. The second-order valence-corrected chi connectivity index (χ2v) is 11.2. The molecule has 0 aliphatic carbocycles. The second kappa shape index (κ2) is 10.3. The molecule has 198 valence electrons. The van der Waals surface area contributed by atoms with Crippen LogP contribution in [-0.2, 0) is 19.1 Å². The van der Waals surface area contributed by atoms with E-state index in [9.17, 15) is 19.5 Å². The van der Waals surface area contributed by atoms with Crippen molar-refractivity contribution in [2.24, 2.45) is 17.8 Å². The van der Waals surface area contributed by atoms with E-state index >= 15 is 0 Å². The predicted octanol–water partition coefficient (Wildman–Crippen LogP) is 3.37. The van der Waals surface area contributed by atoms with Gasteiger partial charge in [0.15, 0.2) is 0 Å². The summed E-state index contributed by atoms with van der Waals surface area (Å²) in [6, 6.07) is 5.37. The highest BCUT2D eigenvalue weighted by molar-refractivity contribution is 6.33. The van der Waals surface area contributed by atoms with Crippen molar-refractivity contribution in [1.29, 1.82) is 0 Å². The van der Waals surface area contributed by atoms with Crippen molar-refractivity contribution >= 4 is 35.0 Å². The zero-order valence-electron chi connectivity index (χ0n) is 21.6. The molecule has 2 bridgehead atoms. The number of aliphatic hydroxyl groups is 1. The van der Waals surface area contributed by atoms with Gasteiger partial charge in [0.05, 0.1) is 40.8 Å². The number of halogens is 1. The fourth-order valence-corrected chi connectivity index (χ4v) is 6.87. The maximum atomic E-state index is 14.2. The molecule has 3 saturated heterocycles. The quantitative estimate of drug-likeness (QED) is 0.439. The molecular formula is C27H38ClN3O5. The van der Waals surface area contributed by atoms with E-state index in [2.05, 4.69) is 10.6 Å². The Hall–Kier alpha value is -2.16. The van der Waals surface area contributed by atoms with Crippen LogP contribution in [0.15, 0.2) is 24.3 Å². The lowest BCUT2D eigenvalue weighted by Crippen LogP contribution is -2.56. The molecule has 1 spiro atoms. The Labute approximate surface area is 218 Å². The molecule has 8 nitrogen and oxygen atoms in total. The number of rotatable bonds is 10. The second-order valence-electron chi connectivity index (χ2n) is 10.8. The average molecular weight is 520 g/mol. The molecule has 3 aliphatic rings. The summed E-state index contributed by atoms with van der Waals surface area (Å²) >= 11 is 6.33. The minimum atomic E-state index is -1.14. The predicted molar refractivity (Wildman–Crippen MR) is 137 cm³/mol. The highest BCUT2D eigenvalue weighted by Crippen LogP contribution is 2.64. The van der Waals surface area contributed by atoms with E-state index < -0.39 is 41.0 Å². The van der Waals surface area contributed by atoms with E-state index in [-0.39, 0.29) is 24.3 Å². The van der Waals surface area contributed by atoms with Crippen LogP contribution in [0.2, 0.25) is 5.02 Å². The number of carbonyl (C=O) groups excluding carboxylic acids is 3. The summed E-state index contributed by atoms with van der Waals surface area (Å²) in [6.45, 7) is 8.19. The Balaban J connectivity index is 1.79. The topological polar surface area (TPSA) is 108 Å². The van der Waals surface area contributed by atoms with Crippen molar-refractivity contribution < 1.29 is 24.2 Å². The van der Waals surface area contributed by atoms with Crippen molar-refractivity contribution in [3.8, 4) is 0 Å². The molecule has 3 N–H and O–H groups in total. The molecular weight excluding hydrogens is 482 g/mol. The maximum absolute atomic E-state index is 14.2. The van der Waals surface area contributed by atoms with E-state index in [0.29, 0.717) is 42.9 Å². The van der Waals surface area contributed by atoms with Crippen LogP contribution in [0.25, 0.3) is 0 Å². The van der Waals surface area contributed by atoms with Crippen LogP contribution < -0.4 is 10.6 Å². The molecule has 1 aromatic carbocycles. The molecule has 1 aromatic rings. The molecule has 3 aliphatic heterocycles. The number of anilines is 1. The van der Waals surface area contributed by atoms with Gasteiger partial charge < -0.3 is 25.4 Å². The van der Waals surface area contributed by atoms with Crippen LogP contribution in [0.4, 0.5) is 5.69 Å². The zero-order valence-corrected chi connectivity index (χ0v) is 22.3. The lowest BCUT2D eigenvalue weighted by molar-refractivity contribution is -0.149. The Bertz CT molecular complexity index is 1020. The number of benzene rings is 1. The highest BCUT2D eigenvalue weighted by Gasteiger charge is 2.79. The van der Waals surface area contributed by atoms with E-state index in [1.165, 1.54) is 4.90 Å². The minimum absolute atomic E-state index is 0.183. The summed E-state index contributed by atoms with van der Waals surface area (Å²) < 4.78 is 6.74. The number of carbonyl (C=O) groups is 3. The lowest BCUT2D eigenvalue weighted by atomic mass is 9.65. The third kappa shape index (κ3) is 4.21. The van der Waals surface area contributed by atoms with Gasteiger partial charge in [0, 0.05) is 6.54 Å².